The molecule has 0 aliphatic heterocycles. The van der Waals surface area contributed by atoms with Crippen molar-refractivity contribution in [3.63, 3.8) is 0 Å². The number of amides is 1. The van der Waals surface area contributed by atoms with Gasteiger partial charge >= 0.3 is 5.97 Å². The highest BCUT2D eigenvalue weighted by molar-refractivity contribution is 6.30. The number of aryl methyl sites for hydroxylation is 1. The summed E-state index contributed by atoms with van der Waals surface area (Å²) in [4.78, 5) is 29.6. The molecule has 0 radical (unpaired) electrons. The molecule has 1 N–H and O–H groups in total. The van der Waals surface area contributed by atoms with Crippen LogP contribution in [0.3, 0.4) is 0 Å². The molecule has 1 saturated carbocycles. The third kappa shape index (κ3) is 5.84. The number of rotatable bonds is 11. The highest BCUT2D eigenvalue weighted by Gasteiger charge is 2.25. The van der Waals surface area contributed by atoms with Crippen LogP contribution in [0.25, 0.3) is 11.3 Å². The first-order chi connectivity index (χ1) is 20.4. The number of nitrogens with zero attached hydrogens (tertiary/aromatic N) is 9. The standard InChI is InChI=1S/C27H26ClFN10O3/c1-2-42-24(40)8-5-17-9-18(16-3-4-16)11-37-12-19(32-26(17)37)13-38-14-22(33-35-38)27(41)30-10-20-23(39-15-31-34-36-39)7-6-21(28)25(20)29/h6-7,9,11-12,14-16H,2-5,8,10,13H2,1H3,(H,30,41). The molecular formula is C27H26ClFN10O3. The molecule has 4 heterocycles. The molecular weight excluding hydrogens is 567 g/mol. The summed E-state index contributed by atoms with van der Waals surface area (Å²) in [6, 6.07) is 5.08. The second-order valence-electron chi connectivity index (χ2n) is 9.94. The van der Waals surface area contributed by atoms with Crippen LogP contribution in [0.5, 0.6) is 0 Å². The minimum Gasteiger partial charge on any atom is -0.466 e. The lowest BCUT2D eigenvalue weighted by molar-refractivity contribution is -0.143. The molecule has 1 fully saturated rings. The number of benzene rings is 1. The predicted octanol–water partition coefficient (Wildman–Crippen LogP) is 3.05. The van der Waals surface area contributed by atoms with Crippen LogP contribution < -0.4 is 5.32 Å². The maximum Gasteiger partial charge on any atom is 0.306 e. The average Bonchev–Trinajstić information content (AvgIpc) is 3.33. The quantitative estimate of drug-likeness (QED) is 0.229. The van der Waals surface area contributed by atoms with E-state index in [4.69, 9.17) is 21.3 Å². The number of aromatic nitrogens is 9. The first-order valence-corrected chi connectivity index (χ1v) is 13.8. The van der Waals surface area contributed by atoms with Gasteiger partial charge in [-0.3, -0.25) is 9.59 Å². The van der Waals surface area contributed by atoms with Gasteiger partial charge < -0.3 is 14.5 Å². The predicted molar refractivity (Wildman–Crippen MR) is 147 cm³/mol. The van der Waals surface area contributed by atoms with Gasteiger partial charge in [-0.15, -0.1) is 10.2 Å². The number of halogens is 2. The largest absolute Gasteiger partial charge is 0.466 e. The zero-order valence-corrected chi connectivity index (χ0v) is 23.3. The SMILES string of the molecule is CCOC(=O)CCc1cc(C2CC2)cn2cc(Cn3cc(C(=O)NCc4c(-n5cnnn5)ccc(Cl)c4F)nn3)nc12. The Morgan fingerprint density at radius 1 is 1.19 bits per heavy atom. The Balaban J connectivity index is 1.16. The van der Waals surface area contributed by atoms with E-state index in [-0.39, 0.29) is 41.8 Å². The first-order valence-electron chi connectivity index (χ1n) is 13.4. The van der Waals surface area contributed by atoms with E-state index in [0.29, 0.717) is 30.3 Å². The molecule has 1 aliphatic rings. The molecule has 0 saturated heterocycles. The Morgan fingerprint density at radius 2 is 2.05 bits per heavy atom. The molecule has 4 aromatic heterocycles. The summed E-state index contributed by atoms with van der Waals surface area (Å²) < 4.78 is 24.7. The number of ether oxygens (including phenoxy) is 1. The number of nitrogens with one attached hydrogen (secondary N) is 1. The van der Waals surface area contributed by atoms with Crippen molar-refractivity contribution in [3.05, 3.63) is 82.0 Å². The van der Waals surface area contributed by atoms with Crippen molar-refractivity contribution < 1.29 is 18.7 Å². The van der Waals surface area contributed by atoms with Gasteiger partial charge in [0.25, 0.3) is 5.91 Å². The van der Waals surface area contributed by atoms with Crippen LogP contribution in [0, 0.1) is 5.82 Å². The summed E-state index contributed by atoms with van der Waals surface area (Å²) in [7, 11) is 0. The molecule has 1 amide bonds. The van der Waals surface area contributed by atoms with Crippen molar-refractivity contribution in [3.8, 4) is 5.69 Å². The number of hydrogen-bond acceptors (Lipinski definition) is 9. The number of fused-ring (bicyclic) bond motifs is 1. The lowest BCUT2D eigenvalue weighted by Crippen LogP contribution is -2.24. The summed E-state index contributed by atoms with van der Waals surface area (Å²) in [6.07, 6.45) is 9.90. The maximum absolute atomic E-state index is 14.8. The maximum atomic E-state index is 14.8. The van der Waals surface area contributed by atoms with Crippen molar-refractivity contribution in [2.24, 2.45) is 0 Å². The van der Waals surface area contributed by atoms with Gasteiger partial charge in [-0.1, -0.05) is 22.9 Å². The van der Waals surface area contributed by atoms with E-state index < -0.39 is 11.7 Å². The van der Waals surface area contributed by atoms with Crippen LogP contribution in [0.4, 0.5) is 4.39 Å². The van der Waals surface area contributed by atoms with E-state index in [1.165, 1.54) is 33.5 Å². The third-order valence-electron chi connectivity index (χ3n) is 6.94. The van der Waals surface area contributed by atoms with Gasteiger partial charge in [-0.25, -0.2) is 18.7 Å². The van der Waals surface area contributed by atoms with E-state index in [2.05, 4.69) is 43.4 Å². The Morgan fingerprint density at radius 3 is 2.81 bits per heavy atom. The number of carbonyl (C=O) groups is 2. The topological polar surface area (TPSA) is 147 Å². The minimum atomic E-state index is -0.688. The van der Waals surface area contributed by atoms with Crippen LogP contribution >= 0.6 is 11.6 Å². The van der Waals surface area contributed by atoms with Gasteiger partial charge in [0.15, 0.2) is 5.69 Å². The molecule has 5 aromatic rings. The van der Waals surface area contributed by atoms with E-state index in [9.17, 15) is 14.0 Å². The summed E-state index contributed by atoms with van der Waals surface area (Å²) in [6.45, 7) is 2.22. The van der Waals surface area contributed by atoms with Gasteiger partial charge in [0.05, 0.1) is 35.8 Å². The van der Waals surface area contributed by atoms with Gasteiger partial charge in [0.1, 0.15) is 17.8 Å². The summed E-state index contributed by atoms with van der Waals surface area (Å²) in [5, 5.41) is 21.5. The van der Waals surface area contributed by atoms with Gasteiger partial charge in [0, 0.05) is 30.9 Å². The first kappa shape index (κ1) is 27.4. The van der Waals surface area contributed by atoms with Gasteiger partial charge in [0.2, 0.25) is 0 Å². The van der Waals surface area contributed by atoms with Crippen LogP contribution in [0.1, 0.15) is 65.0 Å². The fourth-order valence-electron chi connectivity index (χ4n) is 4.76. The molecule has 0 bridgehead atoms. The monoisotopic (exact) mass is 592 g/mol. The molecule has 13 nitrogen and oxygen atoms in total. The Bertz CT molecular complexity index is 1760. The number of hydrogen-bond donors (Lipinski definition) is 1. The molecule has 0 spiro atoms. The van der Waals surface area contributed by atoms with Crippen molar-refractivity contribution in [2.75, 3.05) is 6.61 Å². The zero-order chi connectivity index (χ0) is 29.2. The number of esters is 1. The van der Waals surface area contributed by atoms with Crippen molar-refractivity contribution >= 4 is 29.1 Å². The number of tetrazole rings is 1. The Labute approximate surface area is 243 Å². The summed E-state index contributed by atoms with van der Waals surface area (Å²) >= 11 is 5.97. The molecule has 42 heavy (non-hydrogen) atoms. The average molecular weight is 593 g/mol. The second-order valence-corrected chi connectivity index (χ2v) is 10.3. The second kappa shape index (κ2) is 11.6. The van der Waals surface area contributed by atoms with Crippen LogP contribution in [0.2, 0.25) is 5.02 Å². The van der Waals surface area contributed by atoms with Crippen molar-refractivity contribution in [2.45, 2.75) is 51.6 Å². The van der Waals surface area contributed by atoms with Gasteiger partial charge in [-0.05, 0) is 65.8 Å². The molecule has 1 aromatic carbocycles. The van der Waals surface area contributed by atoms with Crippen LogP contribution in [-0.2, 0) is 29.0 Å². The van der Waals surface area contributed by atoms with E-state index in [1.807, 2.05) is 10.6 Å². The number of imidazole rings is 1. The van der Waals surface area contributed by atoms with E-state index >= 15 is 0 Å². The third-order valence-corrected chi connectivity index (χ3v) is 7.23. The lowest BCUT2D eigenvalue weighted by atomic mass is 10.1. The van der Waals surface area contributed by atoms with Crippen LogP contribution in [0.15, 0.2) is 43.1 Å². The van der Waals surface area contributed by atoms with Crippen molar-refractivity contribution in [1.29, 1.82) is 0 Å². The van der Waals surface area contributed by atoms with E-state index in [0.717, 1.165) is 24.1 Å². The molecule has 1 aliphatic carbocycles. The van der Waals surface area contributed by atoms with E-state index in [1.54, 1.807) is 13.0 Å². The van der Waals surface area contributed by atoms with Crippen LogP contribution in [-0.4, -0.2) is 63.1 Å². The highest BCUT2D eigenvalue weighted by atomic mass is 35.5. The number of pyridine rings is 1. The summed E-state index contributed by atoms with van der Waals surface area (Å²) in [5.41, 5.74) is 4.18. The fourth-order valence-corrected chi connectivity index (χ4v) is 4.93. The van der Waals surface area contributed by atoms with Gasteiger partial charge in [-0.2, -0.15) is 0 Å². The molecule has 15 heteroatoms. The fraction of sp³-hybridized carbons (Fsp3) is 0.333. The molecule has 0 atom stereocenters. The molecule has 216 valence electrons. The Hall–Kier alpha value is -4.72. The number of carbonyl (C=O) groups excluding carboxylic acids is 2. The highest BCUT2D eigenvalue weighted by Crippen LogP contribution is 2.40. The molecule has 0 unspecified atom stereocenters. The smallest absolute Gasteiger partial charge is 0.306 e. The lowest BCUT2D eigenvalue weighted by Gasteiger charge is -2.11. The minimum absolute atomic E-state index is 0.0521. The summed E-state index contributed by atoms with van der Waals surface area (Å²) in [5.74, 6) is -0.944. The molecule has 6 rings (SSSR count). The Kier molecular flexibility index (Phi) is 7.61. The van der Waals surface area contributed by atoms with Crippen molar-refractivity contribution in [1.82, 2.24) is 49.9 Å². The zero-order valence-electron chi connectivity index (χ0n) is 22.6. The normalized spacial score (nSPS) is 13.0.